The van der Waals surface area contributed by atoms with E-state index in [1.807, 2.05) is 0 Å². The van der Waals surface area contributed by atoms with Crippen LogP contribution in [0.4, 0.5) is 5.69 Å². The Bertz CT molecular complexity index is 793. The highest BCUT2D eigenvalue weighted by Gasteiger charge is 2.11. The molecule has 0 unspecified atom stereocenters. The van der Waals surface area contributed by atoms with E-state index in [1.165, 1.54) is 4.90 Å². The molecular formula is C17H16ClN3O2S. The van der Waals surface area contributed by atoms with Crippen LogP contribution >= 0.6 is 23.8 Å². The van der Waals surface area contributed by atoms with Gasteiger partial charge in [0, 0.05) is 35.9 Å². The van der Waals surface area contributed by atoms with Gasteiger partial charge in [-0.2, -0.15) is 0 Å². The van der Waals surface area contributed by atoms with Gasteiger partial charge < -0.3 is 10.2 Å². The van der Waals surface area contributed by atoms with E-state index in [4.69, 9.17) is 23.8 Å². The molecule has 2 N–H and O–H groups in total. The van der Waals surface area contributed by atoms with Crippen LogP contribution in [-0.2, 0) is 0 Å². The maximum atomic E-state index is 12.1. The van der Waals surface area contributed by atoms with Gasteiger partial charge in [0.15, 0.2) is 5.11 Å². The van der Waals surface area contributed by atoms with Crippen molar-refractivity contribution in [2.75, 3.05) is 19.4 Å². The summed E-state index contributed by atoms with van der Waals surface area (Å²) in [7, 11) is 3.36. The molecule has 2 aromatic rings. The van der Waals surface area contributed by atoms with Crippen molar-refractivity contribution in [3.05, 3.63) is 64.7 Å². The van der Waals surface area contributed by atoms with Crippen LogP contribution in [0.15, 0.2) is 48.5 Å². The van der Waals surface area contributed by atoms with Gasteiger partial charge in [0.2, 0.25) is 0 Å². The molecule has 2 amide bonds. The fourth-order valence-electron chi connectivity index (χ4n) is 1.96. The minimum atomic E-state index is -0.365. The molecule has 2 aromatic carbocycles. The summed E-state index contributed by atoms with van der Waals surface area (Å²) in [6.45, 7) is 0. The van der Waals surface area contributed by atoms with Crippen molar-refractivity contribution in [2.24, 2.45) is 0 Å². The lowest BCUT2D eigenvalue weighted by atomic mass is 10.2. The summed E-state index contributed by atoms with van der Waals surface area (Å²) in [5, 5.41) is 6.06. The number of anilines is 1. The van der Waals surface area contributed by atoms with Gasteiger partial charge in [-0.15, -0.1) is 0 Å². The van der Waals surface area contributed by atoms with Gasteiger partial charge in [-0.3, -0.25) is 14.9 Å². The van der Waals surface area contributed by atoms with Crippen LogP contribution in [0.3, 0.4) is 0 Å². The van der Waals surface area contributed by atoms with E-state index in [0.717, 1.165) is 0 Å². The van der Waals surface area contributed by atoms with Crippen LogP contribution in [0.25, 0.3) is 0 Å². The monoisotopic (exact) mass is 361 g/mol. The average Bonchev–Trinajstić information content (AvgIpc) is 2.54. The van der Waals surface area contributed by atoms with Crippen molar-refractivity contribution in [2.45, 2.75) is 0 Å². The molecule has 0 saturated carbocycles. The topological polar surface area (TPSA) is 61.4 Å². The fraction of sp³-hybridized carbons (Fsp3) is 0.118. The van der Waals surface area contributed by atoms with Gasteiger partial charge in [-0.25, -0.2) is 0 Å². The number of nitrogens with zero attached hydrogens (tertiary/aromatic N) is 1. The van der Waals surface area contributed by atoms with Crippen molar-refractivity contribution >= 4 is 46.4 Å². The highest BCUT2D eigenvalue weighted by molar-refractivity contribution is 7.80. The van der Waals surface area contributed by atoms with E-state index in [1.54, 1.807) is 62.6 Å². The van der Waals surface area contributed by atoms with E-state index in [2.05, 4.69) is 10.6 Å². The van der Waals surface area contributed by atoms with Crippen molar-refractivity contribution in [1.82, 2.24) is 10.2 Å². The van der Waals surface area contributed by atoms with Crippen LogP contribution in [0.1, 0.15) is 20.7 Å². The number of carbonyl (C=O) groups excluding carboxylic acids is 2. The van der Waals surface area contributed by atoms with Crippen LogP contribution in [0, 0.1) is 0 Å². The van der Waals surface area contributed by atoms with E-state index >= 15 is 0 Å². The third-order valence-corrected chi connectivity index (χ3v) is 3.53. The lowest BCUT2D eigenvalue weighted by Gasteiger charge is -2.13. The molecule has 0 atom stereocenters. The summed E-state index contributed by atoms with van der Waals surface area (Å²) >= 11 is 11.0. The molecular weight excluding hydrogens is 346 g/mol. The van der Waals surface area contributed by atoms with Crippen molar-refractivity contribution in [3.8, 4) is 0 Å². The number of halogens is 1. The largest absolute Gasteiger partial charge is 0.345 e. The molecule has 0 bridgehead atoms. The molecule has 0 radical (unpaired) electrons. The SMILES string of the molecule is CN(C)C(=O)c1cccc(NC(=S)NC(=O)c2cccc(Cl)c2)c1. The zero-order chi connectivity index (χ0) is 17.7. The lowest BCUT2D eigenvalue weighted by Crippen LogP contribution is -2.34. The minimum absolute atomic E-state index is 0.118. The Morgan fingerprint density at radius 3 is 2.38 bits per heavy atom. The standard InChI is InChI=1S/C17H16ClN3O2S/c1-21(2)16(23)12-6-4-8-14(10-12)19-17(24)20-15(22)11-5-3-7-13(18)9-11/h3-10H,1-2H3,(H2,19,20,22,24). The second-order valence-corrected chi connectivity index (χ2v) is 6.04. The first-order chi connectivity index (χ1) is 11.4. The smallest absolute Gasteiger partial charge is 0.257 e. The molecule has 0 aliphatic heterocycles. The van der Waals surface area contributed by atoms with E-state index in [9.17, 15) is 9.59 Å². The first-order valence-corrected chi connectivity index (χ1v) is 7.85. The Kier molecular flexibility index (Phi) is 5.89. The zero-order valence-electron chi connectivity index (χ0n) is 13.2. The quantitative estimate of drug-likeness (QED) is 0.824. The summed E-state index contributed by atoms with van der Waals surface area (Å²) in [6.07, 6.45) is 0. The molecule has 0 aromatic heterocycles. The summed E-state index contributed by atoms with van der Waals surface area (Å²) in [4.78, 5) is 25.5. The van der Waals surface area contributed by atoms with Crippen molar-refractivity contribution in [1.29, 1.82) is 0 Å². The normalized spacial score (nSPS) is 9.96. The number of carbonyl (C=O) groups is 2. The van der Waals surface area contributed by atoms with Crippen molar-refractivity contribution in [3.63, 3.8) is 0 Å². The zero-order valence-corrected chi connectivity index (χ0v) is 14.7. The number of rotatable bonds is 3. The van der Waals surface area contributed by atoms with E-state index in [0.29, 0.717) is 21.8 Å². The number of amides is 2. The molecule has 0 aliphatic carbocycles. The van der Waals surface area contributed by atoms with Gasteiger partial charge in [0.1, 0.15) is 0 Å². The number of hydrogen-bond acceptors (Lipinski definition) is 3. The summed E-state index contributed by atoms with van der Waals surface area (Å²) in [5.41, 5.74) is 1.54. The minimum Gasteiger partial charge on any atom is -0.345 e. The number of thiocarbonyl (C=S) groups is 1. The molecule has 124 valence electrons. The molecule has 0 aliphatic rings. The Balaban J connectivity index is 2.03. The molecule has 0 fully saturated rings. The summed E-state index contributed by atoms with van der Waals surface area (Å²) in [5.74, 6) is -0.483. The van der Waals surface area contributed by atoms with Crippen LogP contribution in [0.2, 0.25) is 5.02 Å². The Hall–Kier alpha value is -2.44. The molecule has 0 saturated heterocycles. The average molecular weight is 362 g/mol. The lowest BCUT2D eigenvalue weighted by molar-refractivity contribution is 0.0827. The Morgan fingerprint density at radius 2 is 1.71 bits per heavy atom. The summed E-state index contributed by atoms with van der Waals surface area (Å²) < 4.78 is 0. The Labute approximate surface area is 150 Å². The number of nitrogens with one attached hydrogen (secondary N) is 2. The molecule has 0 heterocycles. The van der Waals surface area contributed by atoms with Gasteiger partial charge in [0.05, 0.1) is 0 Å². The van der Waals surface area contributed by atoms with Crippen LogP contribution < -0.4 is 10.6 Å². The van der Waals surface area contributed by atoms with E-state index in [-0.39, 0.29) is 16.9 Å². The molecule has 5 nitrogen and oxygen atoms in total. The molecule has 7 heteroatoms. The van der Waals surface area contributed by atoms with Gasteiger partial charge >= 0.3 is 0 Å². The maximum absolute atomic E-state index is 12.1. The predicted molar refractivity (Wildman–Crippen MR) is 99.6 cm³/mol. The first kappa shape index (κ1) is 17.9. The van der Waals surface area contributed by atoms with Crippen molar-refractivity contribution < 1.29 is 9.59 Å². The molecule has 24 heavy (non-hydrogen) atoms. The second kappa shape index (κ2) is 7.90. The third-order valence-electron chi connectivity index (χ3n) is 3.09. The third kappa shape index (κ3) is 4.78. The number of benzene rings is 2. The number of hydrogen-bond donors (Lipinski definition) is 2. The fourth-order valence-corrected chi connectivity index (χ4v) is 2.36. The van der Waals surface area contributed by atoms with Gasteiger partial charge in [0.25, 0.3) is 11.8 Å². The highest BCUT2D eigenvalue weighted by Crippen LogP contribution is 2.13. The Morgan fingerprint density at radius 1 is 1.04 bits per heavy atom. The van der Waals surface area contributed by atoms with E-state index < -0.39 is 0 Å². The molecule has 2 rings (SSSR count). The van der Waals surface area contributed by atoms with Crippen LogP contribution in [-0.4, -0.2) is 35.9 Å². The highest BCUT2D eigenvalue weighted by atomic mass is 35.5. The molecule has 0 spiro atoms. The van der Waals surface area contributed by atoms with Gasteiger partial charge in [-0.05, 0) is 48.6 Å². The van der Waals surface area contributed by atoms with Gasteiger partial charge in [-0.1, -0.05) is 23.7 Å². The maximum Gasteiger partial charge on any atom is 0.257 e. The summed E-state index contributed by atoms with van der Waals surface area (Å²) in [6, 6.07) is 13.4. The predicted octanol–water partition coefficient (Wildman–Crippen LogP) is 3.17. The van der Waals surface area contributed by atoms with Crippen LogP contribution in [0.5, 0.6) is 0 Å². The second-order valence-electron chi connectivity index (χ2n) is 5.20. The first-order valence-electron chi connectivity index (χ1n) is 7.06.